The van der Waals surface area contributed by atoms with Gasteiger partial charge in [0.2, 0.25) is 0 Å². The maximum Gasteiger partial charge on any atom is 0.323 e. The monoisotopic (exact) mass is 270 g/mol. The zero-order valence-electron chi connectivity index (χ0n) is 11.9. The molecule has 0 radical (unpaired) electrons. The molecule has 1 rings (SSSR count). The number of nitrogens with zero attached hydrogens (tertiary/aromatic N) is 1. The first-order valence-corrected chi connectivity index (χ1v) is 7.40. The molecule has 0 atom stereocenters. The summed E-state index contributed by atoms with van der Waals surface area (Å²) < 4.78 is 0. The molecule has 1 aliphatic carbocycles. The standard InChI is InChI=1S/C14H26N2O3/c1-2-10-16(11-13(17)18)14(19)15-12-8-6-4-3-5-7-9-12/h12H,2-11H2,1H3,(H,15,19)(H,17,18). The van der Waals surface area contributed by atoms with Crippen molar-refractivity contribution in [3.05, 3.63) is 0 Å². The van der Waals surface area contributed by atoms with Crippen molar-refractivity contribution >= 4 is 12.0 Å². The summed E-state index contributed by atoms with van der Waals surface area (Å²) in [4.78, 5) is 24.2. The van der Waals surface area contributed by atoms with E-state index in [-0.39, 0.29) is 18.6 Å². The van der Waals surface area contributed by atoms with Crippen molar-refractivity contribution in [3.63, 3.8) is 0 Å². The molecule has 0 unspecified atom stereocenters. The van der Waals surface area contributed by atoms with Gasteiger partial charge in [-0.15, -0.1) is 0 Å². The first-order valence-electron chi connectivity index (χ1n) is 7.40. The van der Waals surface area contributed by atoms with Crippen LogP contribution in [0.3, 0.4) is 0 Å². The molecule has 0 aromatic carbocycles. The van der Waals surface area contributed by atoms with Crippen molar-refractivity contribution < 1.29 is 14.7 Å². The molecule has 0 aliphatic heterocycles. The summed E-state index contributed by atoms with van der Waals surface area (Å²) in [7, 11) is 0. The van der Waals surface area contributed by atoms with Gasteiger partial charge in [0.15, 0.2) is 0 Å². The fourth-order valence-electron chi connectivity index (χ4n) is 2.55. The highest BCUT2D eigenvalue weighted by atomic mass is 16.4. The van der Waals surface area contributed by atoms with Gasteiger partial charge in [-0.2, -0.15) is 0 Å². The van der Waals surface area contributed by atoms with Crippen LogP contribution in [0, 0.1) is 0 Å². The van der Waals surface area contributed by atoms with E-state index in [2.05, 4.69) is 5.32 Å². The van der Waals surface area contributed by atoms with Crippen molar-refractivity contribution in [2.75, 3.05) is 13.1 Å². The molecule has 0 aromatic rings. The minimum Gasteiger partial charge on any atom is -0.480 e. The van der Waals surface area contributed by atoms with Gasteiger partial charge in [0.1, 0.15) is 6.54 Å². The second kappa shape index (κ2) is 8.77. The average molecular weight is 270 g/mol. The summed E-state index contributed by atoms with van der Waals surface area (Å²) in [6.07, 6.45) is 8.86. The molecule has 1 aliphatic rings. The van der Waals surface area contributed by atoms with E-state index in [0.29, 0.717) is 6.54 Å². The number of amides is 2. The predicted octanol–water partition coefficient (Wildman–Crippen LogP) is 2.61. The summed E-state index contributed by atoms with van der Waals surface area (Å²) in [5.41, 5.74) is 0. The van der Waals surface area contributed by atoms with Gasteiger partial charge in [-0.3, -0.25) is 4.79 Å². The summed E-state index contributed by atoms with van der Waals surface area (Å²) in [6.45, 7) is 2.22. The average Bonchev–Trinajstić information content (AvgIpc) is 2.31. The smallest absolute Gasteiger partial charge is 0.323 e. The van der Waals surface area contributed by atoms with Gasteiger partial charge >= 0.3 is 12.0 Å². The third-order valence-corrected chi connectivity index (χ3v) is 3.54. The Hall–Kier alpha value is -1.26. The molecule has 110 valence electrons. The van der Waals surface area contributed by atoms with Gasteiger partial charge in [-0.25, -0.2) is 4.79 Å². The van der Waals surface area contributed by atoms with E-state index in [1.165, 1.54) is 24.2 Å². The Kier molecular flexibility index (Phi) is 7.30. The zero-order valence-corrected chi connectivity index (χ0v) is 11.9. The number of carbonyl (C=O) groups excluding carboxylic acids is 1. The van der Waals surface area contributed by atoms with Crippen LogP contribution in [0.5, 0.6) is 0 Å². The second-order valence-electron chi connectivity index (χ2n) is 5.31. The molecule has 0 spiro atoms. The zero-order chi connectivity index (χ0) is 14.1. The normalized spacial score (nSPS) is 17.3. The van der Waals surface area contributed by atoms with E-state index in [1.54, 1.807) is 0 Å². The topological polar surface area (TPSA) is 69.6 Å². The van der Waals surface area contributed by atoms with E-state index in [4.69, 9.17) is 5.11 Å². The Bertz CT molecular complexity index is 286. The van der Waals surface area contributed by atoms with Crippen LogP contribution in [0.25, 0.3) is 0 Å². The lowest BCUT2D eigenvalue weighted by Crippen LogP contribution is -2.47. The molecule has 0 heterocycles. The molecular formula is C14H26N2O3. The highest BCUT2D eigenvalue weighted by Gasteiger charge is 2.19. The Morgan fingerprint density at radius 3 is 2.26 bits per heavy atom. The van der Waals surface area contributed by atoms with Crippen molar-refractivity contribution in [1.29, 1.82) is 0 Å². The lowest BCUT2D eigenvalue weighted by Gasteiger charge is -2.26. The Morgan fingerprint density at radius 1 is 1.16 bits per heavy atom. The molecule has 19 heavy (non-hydrogen) atoms. The van der Waals surface area contributed by atoms with Crippen LogP contribution in [0.2, 0.25) is 0 Å². The lowest BCUT2D eigenvalue weighted by molar-refractivity contribution is -0.137. The summed E-state index contributed by atoms with van der Waals surface area (Å²) in [5, 5.41) is 11.8. The van der Waals surface area contributed by atoms with E-state index >= 15 is 0 Å². The minimum absolute atomic E-state index is 0.209. The molecule has 1 saturated carbocycles. The van der Waals surface area contributed by atoms with E-state index in [0.717, 1.165) is 32.1 Å². The number of hydrogen-bond donors (Lipinski definition) is 2. The summed E-state index contributed by atoms with van der Waals surface area (Å²) in [6, 6.07) is -0.0178. The number of urea groups is 1. The van der Waals surface area contributed by atoms with Crippen LogP contribution in [-0.2, 0) is 4.79 Å². The Balaban J connectivity index is 2.46. The summed E-state index contributed by atoms with van der Waals surface area (Å²) in [5.74, 6) is -0.957. The third kappa shape index (κ3) is 6.45. The maximum atomic E-state index is 12.1. The van der Waals surface area contributed by atoms with E-state index in [9.17, 15) is 9.59 Å². The molecule has 5 nitrogen and oxygen atoms in total. The van der Waals surface area contributed by atoms with Gasteiger partial charge in [0, 0.05) is 12.6 Å². The third-order valence-electron chi connectivity index (χ3n) is 3.54. The van der Waals surface area contributed by atoms with Crippen molar-refractivity contribution in [3.8, 4) is 0 Å². The van der Waals surface area contributed by atoms with Crippen molar-refractivity contribution in [1.82, 2.24) is 10.2 Å². The van der Waals surface area contributed by atoms with Gasteiger partial charge in [-0.1, -0.05) is 39.0 Å². The Morgan fingerprint density at radius 2 is 1.74 bits per heavy atom. The number of rotatable bonds is 5. The largest absolute Gasteiger partial charge is 0.480 e. The van der Waals surface area contributed by atoms with Gasteiger partial charge < -0.3 is 15.3 Å². The van der Waals surface area contributed by atoms with Crippen LogP contribution in [0.4, 0.5) is 4.79 Å². The van der Waals surface area contributed by atoms with Gasteiger partial charge in [0.05, 0.1) is 0 Å². The quantitative estimate of drug-likeness (QED) is 0.806. The number of carboxylic acids is 1. The number of aliphatic carboxylic acids is 1. The Labute approximate surface area is 115 Å². The highest BCUT2D eigenvalue weighted by Crippen LogP contribution is 2.17. The second-order valence-corrected chi connectivity index (χ2v) is 5.31. The molecule has 1 fully saturated rings. The first kappa shape index (κ1) is 15.8. The molecule has 5 heteroatoms. The molecule has 0 saturated heterocycles. The first-order chi connectivity index (χ1) is 9.13. The highest BCUT2D eigenvalue weighted by molar-refractivity contribution is 5.80. The molecule has 2 N–H and O–H groups in total. The SMILES string of the molecule is CCCN(CC(=O)O)C(=O)NC1CCCCCCC1. The van der Waals surface area contributed by atoms with Crippen LogP contribution in [-0.4, -0.2) is 41.1 Å². The fraction of sp³-hybridized carbons (Fsp3) is 0.857. The maximum absolute atomic E-state index is 12.1. The number of carbonyl (C=O) groups is 2. The van der Waals surface area contributed by atoms with Crippen molar-refractivity contribution in [2.24, 2.45) is 0 Å². The molecule has 0 aromatic heterocycles. The van der Waals surface area contributed by atoms with E-state index < -0.39 is 5.97 Å². The van der Waals surface area contributed by atoms with Crippen LogP contribution >= 0.6 is 0 Å². The number of hydrogen-bond acceptors (Lipinski definition) is 2. The molecule has 2 amide bonds. The number of carboxylic acid groups (broad SMARTS) is 1. The van der Waals surface area contributed by atoms with Gasteiger partial charge in [0.25, 0.3) is 0 Å². The van der Waals surface area contributed by atoms with Gasteiger partial charge in [-0.05, 0) is 19.3 Å². The van der Waals surface area contributed by atoms with Crippen LogP contribution < -0.4 is 5.32 Å². The predicted molar refractivity (Wildman–Crippen MR) is 74.1 cm³/mol. The summed E-state index contributed by atoms with van der Waals surface area (Å²) >= 11 is 0. The van der Waals surface area contributed by atoms with Crippen molar-refractivity contribution in [2.45, 2.75) is 64.3 Å². The fourth-order valence-corrected chi connectivity index (χ4v) is 2.55. The number of nitrogens with one attached hydrogen (secondary N) is 1. The van der Waals surface area contributed by atoms with Crippen LogP contribution in [0.15, 0.2) is 0 Å². The van der Waals surface area contributed by atoms with E-state index in [1.807, 2.05) is 6.92 Å². The molecular weight excluding hydrogens is 244 g/mol. The molecule has 0 bridgehead atoms. The van der Waals surface area contributed by atoms with Crippen LogP contribution in [0.1, 0.15) is 58.3 Å². The lowest BCUT2D eigenvalue weighted by atomic mass is 9.97. The minimum atomic E-state index is -0.957.